The first-order chi connectivity index (χ1) is 13.4. The summed E-state index contributed by atoms with van der Waals surface area (Å²) < 4.78 is 11.3. The number of carbonyl (C=O) groups is 2. The Morgan fingerprint density at radius 2 is 2.00 bits per heavy atom. The molecule has 0 saturated carbocycles. The second-order valence-electron chi connectivity index (χ2n) is 5.67. The lowest BCUT2D eigenvalue weighted by molar-refractivity contribution is -0.123. The van der Waals surface area contributed by atoms with Crippen molar-refractivity contribution in [3.05, 3.63) is 55.5 Å². The monoisotopic (exact) mass is 531 g/mol. The van der Waals surface area contributed by atoms with E-state index >= 15 is 0 Å². The third kappa shape index (κ3) is 4.56. The fraction of sp³-hybridized carbons (Fsp3) is 0.158. The topological polar surface area (TPSA) is 76.1 Å². The summed E-state index contributed by atoms with van der Waals surface area (Å²) in [7, 11) is 1.45. The molecule has 2 aromatic carbocycles. The molecule has 2 amide bonds. The standard InChI is InChI=1S/C19H15ClINO5S/c1-26-15-9-11(8-13(21)17(15)23)10-16-18(24)22(19(25)28-16)6-7-27-14-5-3-2-4-12(14)20/h2-5,8-10,23H,6-7H2,1H3/b16-10-. The summed E-state index contributed by atoms with van der Waals surface area (Å²) in [5, 5.41) is 10.0. The number of hydrogen-bond donors (Lipinski definition) is 1. The van der Waals surface area contributed by atoms with Gasteiger partial charge >= 0.3 is 0 Å². The van der Waals surface area contributed by atoms with E-state index in [0.717, 1.165) is 16.7 Å². The van der Waals surface area contributed by atoms with Crippen molar-refractivity contribution in [2.45, 2.75) is 0 Å². The zero-order valence-corrected chi connectivity index (χ0v) is 18.4. The van der Waals surface area contributed by atoms with Gasteiger partial charge in [0, 0.05) is 0 Å². The number of ether oxygens (including phenoxy) is 2. The molecular formula is C19H15ClINO5S. The number of methoxy groups -OCH3 is 1. The molecule has 1 aliphatic rings. The van der Waals surface area contributed by atoms with Crippen LogP contribution in [0.15, 0.2) is 41.3 Å². The Hall–Kier alpha value is -1.91. The van der Waals surface area contributed by atoms with E-state index in [1.54, 1.807) is 42.5 Å². The number of imide groups is 1. The number of nitrogens with zero attached hydrogens (tertiary/aromatic N) is 1. The van der Waals surface area contributed by atoms with Gasteiger partial charge in [0.2, 0.25) is 0 Å². The first-order valence-electron chi connectivity index (χ1n) is 8.10. The van der Waals surface area contributed by atoms with Gasteiger partial charge < -0.3 is 14.6 Å². The SMILES string of the molecule is COc1cc(/C=C2\SC(=O)N(CCOc3ccccc3Cl)C2=O)cc(I)c1O. The van der Waals surface area contributed by atoms with E-state index in [0.29, 0.717) is 30.6 Å². The van der Waals surface area contributed by atoms with Crippen LogP contribution >= 0.6 is 46.0 Å². The Morgan fingerprint density at radius 1 is 1.25 bits per heavy atom. The van der Waals surface area contributed by atoms with E-state index in [9.17, 15) is 14.7 Å². The van der Waals surface area contributed by atoms with Gasteiger partial charge in [-0.3, -0.25) is 14.5 Å². The maximum absolute atomic E-state index is 12.6. The molecule has 1 N–H and O–H groups in total. The Bertz CT molecular complexity index is 965. The first kappa shape index (κ1) is 20.8. The molecule has 0 radical (unpaired) electrons. The molecule has 2 aromatic rings. The molecular weight excluding hydrogens is 517 g/mol. The van der Waals surface area contributed by atoms with Crippen LogP contribution in [0.3, 0.4) is 0 Å². The summed E-state index contributed by atoms with van der Waals surface area (Å²) in [5.74, 6) is 0.438. The highest BCUT2D eigenvalue weighted by Crippen LogP contribution is 2.36. The molecule has 9 heteroatoms. The Balaban J connectivity index is 1.70. The average molecular weight is 532 g/mol. The van der Waals surface area contributed by atoms with Gasteiger partial charge in [-0.25, -0.2) is 0 Å². The lowest BCUT2D eigenvalue weighted by Gasteiger charge is -2.13. The third-order valence-electron chi connectivity index (χ3n) is 3.85. The van der Waals surface area contributed by atoms with Crippen molar-refractivity contribution in [2.75, 3.05) is 20.3 Å². The quantitative estimate of drug-likeness (QED) is 0.427. The number of hydrogen-bond acceptors (Lipinski definition) is 6. The van der Waals surface area contributed by atoms with Gasteiger partial charge in [0.05, 0.1) is 27.2 Å². The largest absolute Gasteiger partial charge is 0.504 e. The Morgan fingerprint density at radius 3 is 2.71 bits per heavy atom. The molecule has 1 aliphatic heterocycles. The number of thioether (sulfide) groups is 1. The van der Waals surface area contributed by atoms with Gasteiger partial charge in [-0.05, 0) is 70.3 Å². The molecule has 0 unspecified atom stereocenters. The number of para-hydroxylation sites is 1. The second kappa shape index (κ2) is 9.06. The first-order valence-corrected chi connectivity index (χ1v) is 10.4. The second-order valence-corrected chi connectivity index (χ2v) is 8.23. The van der Waals surface area contributed by atoms with Crippen molar-refractivity contribution < 1.29 is 24.2 Å². The minimum atomic E-state index is -0.389. The number of carbonyl (C=O) groups excluding carboxylic acids is 2. The zero-order chi connectivity index (χ0) is 20.3. The molecule has 1 fully saturated rings. The molecule has 0 bridgehead atoms. The van der Waals surface area contributed by atoms with Crippen LogP contribution in [-0.4, -0.2) is 41.4 Å². The van der Waals surface area contributed by atoms with Crippen LogP contribution in [0.5, 0.6) is 17.2 Å². The van der Waals surface area contributed by atoms with Crippen LogP contribution in [-0.2, 0) is 4.79 Å². The number of phenolic OH excluding ortho intramolecular Hbond substituents is 1. The van der Waals surface area contributed by atoms with Crippen molar-refractivity contribution in [3.63, 3.8) is 0 Å². The zero-order valence-electron chi connectivity index (χ0n) is 14.6. The van der Waals surface area contributed by atoms with Crippen molar-refractivity contribution in [3.8, 4) is 17.2 Å². The van der Waals surface area contributed by atoms with Crippen molar-refractivity contribution in [2.24, 2.45) is 0 Å². The molecule has 1 saturated heterocycles. The smallest absolute Gasteiger partial charge is 0.293 e. The number of halogens is 2. The highest BCUT2D eigenvalue weighted by molar-refractivity contribution is 14.1. The highest BCUT2D eigenvalue weighted by atomic mass is 127. The van der Waals surface area contributed by atoms with Crippen molar-refractivity contribution in [1.29, 1.82) is 0 Å². The molecule has 146 valence electrons. The number of phenols is 1. The summed E-state index contributed by atoms with van der Waals surface area (Å²) in [6.07, 6.45) is 1.60. The van der Waals surface area contributed by atoms with Crippen LogP contribution in [0.2, 0.25) is 5.02 Å². The van der Waals surface area contributed by atoms with E-state index in [4.69, 9.17) is 21.1 Å². The average Bonchev–Trinajstić information content (AvgIpc) is 2.93. The highest BCUT2D eigenvalue weighted by Gasteiger charge is 2.34. The Kier molecular flexibility index (Phi) is 6.73. The van der Waals surface area contributed by atoms with E-state index < -0.39 is 0 Å². The van der Waals surface area contributed by atoms with Crippen LogP contribution in [0, 0.1) is 3.57 Å². The number of amides is 2. The molecule has 3 rings (SSSR count). The number of benzene rings is 2. The number of rotatable bonds is 6. The summed E-state index contributed by atoms with van der Waals surface area (Å²) in [6.45, 7) is 0.254. The minimum absolute atomic E-state index is 0.0325. The summed E-state index contributed by atoms with van der Waals surface area (Å²) in [6, 6.07) is 10.3. The summed E-state index contributed by atoms with van der Waals surface area (Å²) in [4.78, 5) is 26.2. The minimum Gasteiger partial charge on any atom is -0.504 e. The third-order valence-corrected chi connectivity index (χ3v) is 5.89. The predicted molar refractivity (Wildman–Crippen MR) is 117 cm³/mol. The number of aromatic hydroxyl groups is 1. The molecule has 0 atom stereocenters. The van der Waals surface area contributed by atoms with Gasteiger partial charge in [0.15, 0.2) is 11.5 Å². The van der Waals surface area contributed by atoms with E-state index in [2.05, 4.69) is 0 Å². The maximum Gasteiger partial charge on any atom is 0.293 e. The lowest BCUT2D eigenvalue weighted by Crippen LogP contribution is -2.32. The lowest BCUT2D eigenvalue weighted by atomic mass is 10.2. The van der Waals surface area contributed by atoms with Gasteiger partial charge in [0.1, 0.15) is 12.4 Å². The fourth-order valence-corrected chi connectivity index (χ4v) is 4.17. The van der Waals surface area contributed by atoms with Crippen LogP contribution in [0.25, 0.3) is 6.08 Å². The van der Waals surface area contributed by atoms with Crippen molar-refractivity contribution >= 4 is 63.2 Å². The van der Waals surface area contributed by atoms with Crippen molar-refractivity contribution in [1.82, 2.24) is 4.90 Å². The molecule has 1 heterocycles. The molecule has 0 aromatic heterocycles. The van der Waals surface area contributed by atoms with E-state index in [1.165, 1.54) is 7.11 Å². The molecule has 0 aliphatic carbocycles. The van der Waals surface area contributed by atoms with Crippen LogP contribution in [0.1, 0.15) is 5.56 Å². The van der Waals surface area contributed by atoms with Gasteiger partial charge in [-0.15, -0.1) is 0 Å². The van der Waals surface area contributed by atoms with Crippen LogP contribution < -0.4 is 9.47 Å². The van der Waals surface area contributed by atoms with E-state index in [-0.39, 0.29) is 30.0 Å². The molecule has 6 nitrogen and oxygen atoms in total. The molecule has 28 heavy (non-hydrogen) atoms. The van der Waals surface area contributed by atoms with Gasteiger partial charge in [-0.1, -0.05) is 23.7 Å². The van der Waals surface area contributed by atoms with Crippen LogP contribution in [0.4, 0.5) is 4.79 Å². The fourth-order valence-electron chi connectivity index (χ4n) is 2.49. The summed E-state index contributed by atoms with van der Waals surface area (Å²) >= 11 is 8.86. The van der Waals surface area contributed by atoms with E-state index in [1.807, 2.05) is 22.6 Å². The predicted octanol–water partition coefficient (Wildman–Crippen LogP) is 4.77. The normalized spacial score (nSPS) is 15.4. The van der Waals surface area contributed by atoms with Gasteiger partial charge in [-0.2, -0.15) is 0 Å². The molecule has 0 spiro atoms. The summed E-state index contributed by atoms with van der Waals surface area (Å²) in [5.41, 5.74) is 0.650. The van der Waals surface area contributed by atoms with Gasteiger partial charge in [0.25, 0.3) is 11.1 Å². The maximum atomic E-state index is 12.6. The Labute approximate surface area is 184 Å².